The number of aryl methyl sites for hydroxylation is 1. The van der Waals surface area contributed by atoms with Crippen molar-refractivity contribution in [3.05, 3.63) is 58.8 Å². The van der Waals surface area contributed by atoms with Gasteiger partial charge in [-0.25, -0.2) is 4.98 Å². The number of H-pyrrole nitrogens is 1. The lowest BCUT2D eigenvalue weighted by Crippen LogP contribution is -2.38. The van der Waals surface area contributed by atoms with Crippen LogP contribution in [0.4, 0.5) is 0 Å². The van der Waals surface area contributed by atoms with Crippen molar-refractivity contribution in [2.45, 2.75) is 25.7 Å². The van der Waals surface area contributed by atoms with Crippen LogP contribution in [0.2, 0.25) is 5.02 Å². The molecule has 0 radical (unpaired) electrons. The summed E-state index contributed by atoms with van der Waals surface area (Å²) in [6.07, 6.45) is 5.36. The lowest BCUT2D eigenvalue weighted by atomic mass is 9.95. The summed E-state index contributed by atoms with van der Waals surface area (Å²) in [5.74, 6) is 1.81. The number of aromatic nitrogens is 3. The number of hydrogen-bond donors (Lipinski definition) is 1. The maximum atomic E-state index is 13.1. The van der Waals surface area contributed by atoms with E-state index in [1.165, 1.54) is 0 Å². The third kappa shape index (κ3) is 3.01. The van der Waals surface area contributed by atoms with Gasteiger partial charge in [-0.3, -0.25) is 4.79 Å². The Kier molecular flexibility index (Phi) is 4.51. The van der Waals surface area contributed by atoms with Crippen LogP contribution in [0.5, 0.6) is 0 Å². The van der Waals surface area contributed by atoms with E-state index in [-0.39, 0.29) is 5.91 Å². The molecule has 0 spiro atoms. The molecule has 0 saturated carbocycles. The minimum atomic E-state index is -0.0587. The number of amides is 1. The summed E-state index contributed by atoms with van der Waals surface area (Å²) >= 11 is 6.29. The Morgan fingerprint density at radius 2 is 2.08 bits per heavy atom. The van der Waals surface area contributed by atoms with Crippen LogP contribution in [0.3, 0.4) is 0 Å². The molecule has 1 N–H and O–H groups in total. The van der Waals surface area contributed by atoms with E-state index in [0.29, 0.717) is 46.6 Å². The van der Waals surface area contributed by atoms with Gasteiger partial charge in [-0.15, -0.1) is 0 Å². The van der Waals surface area contributed by atoms with E-state index in [2.05, 4.69) is 15.1 Å². The van der Waals surface area contributed by atoms with Gasteiger partial charge in [-0.2, -0.15) is 0 Å². The molecule has 26 heavy (non-hydrogen) atoms. The minimum Gasteiger partial charge on any atom is -0.360 e. The fourth-order valence-electron chi connectivity index (χ4n) is 3.48. The maximum absolute atomic E-state index is 13.1. The third-order valence-electron chi connectivity index (χ3n) is 4.89. The fraction of sp³-hybridized carbons (Fsp3) is 0.316. The van der Waals surface area contributed by atoms with E-state index < -0.39 is 0 Å². The molecule has 3 aromatic rings. The van der Waals surface area contributed by atoms with Gasteiger partial charge in [0.2, 0.25) is 0 Å². The summed E-state index contributed by atoms with van der Waals surface area (Å²) in [6.45, 7) is 3.11. The van der Waals surface area contributed by atoms with Crippen LogP contribution < -0.4 is 0 Å². The van der Waals surface area contributed by atoms with Gasteiger partial charge in [0.05, 0.1) is 5.02 Å². The molecule has 7 heteroatoms. The van der Waals surface area contributed by atoms with Gasteiger partial charge < -0.3 is 14.4 Å². The average molecular weight is 371 g/mol. The number of carbonyl (C=O) groups excluding carboxylic acids is 1. The zero-order valence-electron chi connectivity index (χ0n) is 14.4. The molecule has 2 aromatic heterocycles. The van der Waals surface area contributed by atoms with Crippen molar-refractivity contribution in [1.29, 1.82) is 0 Å². The predicted octanol–water partition coefficient (Wildman–Crippen LogP) is 4.05. The summed E-state index contributed by atoms with van der Waals surface area (Å²) in [5.41, 5.74) is 1.71. The van der Waals surface area contributed by atoms with Crippen molar-refractivity contribution in [3.63, 3.8) is 0 Å². The second-order valence-electron chi connectivity index (χ2n) is 6.48. The number of rotatable bonds is 3. The number of piperidine rings is 1. The molecular formula is C19H19ClN4O2. The minimum absolute atomic E-state index is 0.0587. The van der Waals surface area contributed by atoms with Gasteiger partial charge in [0, 0.05) is 37.0 Å². The van der Waals surface area contributed by atoms with Crippen LogP contribution in [0.15, 0.2) is 41.2 Å². The van der Waals surface area contributed by atoms with Crippen molar-refractivity contribution in [2.24, 2.45) is 0 Å². The zero-order valence-corrected chi connectivity index (χ0v) is 15.2. The van der Waals surface area contributed by atoms with Gasteiger partial charge in [-0.1, -0.05) is 35.0 Å². The highest BCUT2D eigenvalue weighted by Crippen LogP contribution is 2.33. The Hall–Kier alpha value is -2.60. The highest BCUT2D eigenvalue weighted by atomic mass is 35.5. The van der Waals surface area contributed by atoms with Crippen LogP contribution in [0.1, 0.15) is 40.7 Å². The maximum Gasteiger partial charge on any atom is 0.259 e. The van der Waals surface area contributed by atoms with Crippen LogP contribution >= 0.6 is 11.6 Å². The molecule has 0 aliphatic carbocycles. The molecule has 0 atom stereocenters. The molecule has 134 valence electrons. The van der Waals surface area contributed by atoms with E-state index in [0.717, 1.165) is 18.7 Å². The Morgan fingerprint density at radius 3 is 2.77 bits per heavy atom. The number of aromatic amines is 1. The van der Waals surface area contributed by atoms with E-state index in [1.54, 1.807) is 19.2 Å². The number of nitrogens with one attached hydrogen (secondary N) is 1. The molecule has 1 aliphatic rings. The first-order valence-corrected chi connectivity index (χ1v) is 9.02. The van der Waals surface area contributed by atoms with Gasteiger partial charge in [0.15, 0.2) is 0 Å². The fourth-order valence-corrected chi connectivity index (χ4v) is 3.70. The van der Waals surface area contributed by atoms with E-state index >= 15 is 0 Å². The Morgan fingerprint density at radius 1 is 1.31 bits per heavy atom. The Bertz CT molecular complexity index is 912. The molecule has 1 fully saturated rings. The first-order chi connectivity index (χ1) is 12.6. The van der Waals surface area contributed by atoms with Gasteiger partial charge in [0.25, 0.3) is 5.91 Å². The summed E-state index contributed by atoms with van der Waals surface area (Å²) in [6, 6.07) is 7.34. The standard InChI is InChI=1S/C19H19ClN4O2/c1-12-16(17(23-26-12)14-4-2-3-5-15(14)20)19(25)24-10-6-13(7-11-24)18-21-8-9-22-18/h2-5,8-9,13H,6-7,10-11H2,1H3,(H,21,22). The first-order valence-electron chi connectivity index (χ1n) is 8.65. The predicted molar refractivity (Wildman–Crippen MR) is 98.2 cm³/mol. The normalized spacial score (nSPS) is 15.4. The number of carbonyl (C=O) groups is 1. The SMILES string of the molecule is Cc1onc(-c2ccccc2Cl)c1C(=O)N1CCC(c2ncc[nH]2)CC1. The van der Waals surface area contributed by atoms with E-state index in [9.17, 15) is 4.79 Å². The molecule has 1 aromatic carbocycles. The van der Waals surface area contributed by atoms with Crippen LogP contribution in [-0.4, -0.2) is 39.0 Å². The second-order valence-corrected chi connectivity index (χ2v) is 6.89. The van der Waals surface area contributed by atoms with Gasteiger partial charge >= 0.3 is 0 Å². The van der Waals surface area contributed by atoms with E-state index in [4.69, 9.17) is 16.1 Å². The van der Waals surface area contributed by atoms with Crippen molar-refractivity contribution in [1.82, 2.24) is 20.0 Å². The smallest absolute Gasteiger partial charge is 0.259 e. The molecular weight excluding hydrogens is 352 g/mol. The third-order valence-corrected chi connectivity index (χ3v) is 5.22. The van der Waals surface area contributed by atoms with Crippen molar-refractivity contribution < 1.29 is 9.32 Å². The lowest BCUT2D eigenvalue weighted by Gasteiger charge is -2.31. The first kappa shape index (κ1) is 16.8. The molecule has 3 heterocycles. The molecule has 4 rings (SSSR count). The Labute approximate surface area is 156 Å². The van der Waals surface area contributed by atoms with Crippen LogP contribution in [0.25, 0.3) is 11.3 Å². The van der Waals surface area contributed by atoms with Crippen LogP contribution in [-0.2, 0) is 0 Å². The number of halogens is 1. The molecule has 1 saturated heterocycles. The highest BCUT2D eigenvalue weighted by Gasteiger charge is 2.30. The molecule has 6 nitrogen and oxygen atoms in total. The molecule has 1 amide bonds. The summed E-state index contributed by atoms with van der Waals surface area (Å²) < 4.78 is 5.33. The van der Waals surface area contributed by atoms with Crippen molar-refractivity contribution in [3.8, 4) is 11.3 Å². The topological polar surface area (TPSA) is 75.0 Å². The summed E-state index contributed by atoms with van der Waals surface area (Å²) in [4.78, 5) is 22.5. The summed E-state index contributed by atoms with van der Waals surface area (Å²) in [5, 5.41) is 4.64. The molecule has 1 aliphatic heterocycles. The highest BCUT2D eigenvalue weighted by molar-refractivity contribution is 6.33. The number of imidazole rings is 1. The van der Waals surface area contributed by atoms with Crippen molar-refractivity contribution in [2.75, 3.05) is 13.1 Å². The second kappa shape index (κ2) is 6.96. The number of hydrogen-bond acceptors (Lipinski definition) is 4. The Balaban J connectivity index is 1.56. The number of nitrogens with zero attached hydrogens (tertiary/aromatic N) is 3. The monoisotopic (exact) mass is 370 g/mol. The van der Waals surface area contributed by atoms with E-state index in [1.807, 2.05) is 29.3 Å². The number of benzene rings is 1. The lowest BCUT2D eigenvalue weighted by molar-refractivity contribution is 0.0710. The number of likely N-dealkylation sites (tertiary alicyclic amines) is 1. The molecule has 0 bridgehead atoms. The average Bonchev–Trinajstić information content (AvgIpc) is 3.32. The molecule has 0 unspecified atom stereocenters. The van der Waals surface area contributed by atoms with Gasteiger partial charge in [0.1, 0.15) is 22.8 Å². The van der Waals surface area contributed by atoms with Crippen LogP contribution in [0, 0.1) is 6.92 Å². The quantitative estimate of drug-likeness (QED) is 0.754. The largest absolute Gasteiger partial charge is 0.360 e. The zero-order chi connectivity index (χ0) is 18.1. The van der Waals surface area contributed by atoms with Crippen molar-refractivity contribution >= 4 is 17.5 Å². The summed E-state index contributed by atoms with van der Waals surface area (Å²) in [7, 11) is 0. The van der Waals surface area contributed by atoms with Gasteiger partial charge in [-0.05, 0) is 25.8 Å².